The maximum Gasteiger partial charge on any atom is 0.220 e. The van der Waals surface area contributed by atoms with Gasteiger partial charge in [-0.1, -0.05) is 67.8 Å². The third-order valence-electron chi connectivity index (χ3n) is 5.91. The highest BCUT2D eigenvalue weighted by atomic mass is 15.2. The Morgan fingerprint density at radius 1 is 0.606 bits per heavy atom. The summed E-state index contributed by atoms with van der Waals surface area (Å²) in [4.78, 5) is 8.16. The van der Waals surface area contributed by atoms with E-state index in [2.05, 4.69) is 99.9 Å². The van der Waals surface area contributed by atoms with Gasteiger partial charge in [0.1, 0.15) is 0 Å². The fourth-order valence-corrected chi connectivity index (χ4v) is 4.41. The van der Waals surface area contributed by atoms with E-state index in [9.17, 15) is 0 Å². The first kappa shape index (κ1) is 19.1. The second kappa shape index (κ2) is 7.53. The minimum atomic E-state index is 0.803. The van der Waals surface area contributed by atoms with Crippen LogP contribution < -0.4 is 10.7 Å². The molecule has 0 saturated heterocycles. The Balaban J connectivity index is 1.71. The monoisotopic (exact) mass is 426 g/mol. The van der Waals surface area contributed by atoms with Gasteiger partial charge in [-0.15, -0.1) is 0 Å². The Labute approximate surface area is 190 Å². The first-order valence-electron chi connectivity index (χ1n) is 10.9. The van der Waals surface area contributed by atoms with Gasteiger partial charge in [0.25, 0.3) is 0 Å². The van der Waals surface area contributed by atoms with Crippen LogP contribution in [0.4, 0.5) is 0 Å². The largest absolute Gasteiger partial charge is 0.356 e. The first-order chi connectivity index (χ1) is 16.2. The van der Waals surface area contributed by atoms with E-state index in [0.29, 0.717) is 0 Å². The zero-order valence-corrected chi connectivity index (χ0v) is 18.1. The molecular weight excluding hydrogens is 404 g/mol. The van der Waals surface area contributed by atoms with Gasteiger partial charge in [-0.05, 0) is 59.7 Å². The number of hydrogen-bond donors (Lipinski definition) is 1. The summed E-state index contributed by atoms with van der Waals surface area (Å²) in [6, 6.07) is 35.4. The van der Waals surface area contributed by atoms with Crippen LogP contribution in [0.5, 0.6) is 0 Å². The number of aromatic amines is 1. The second-order valence-electron chi connectivity index (χ2n) is 8.10. The van der Waals surface area contributed by atoms with Crippen LogP contribution in [-0.2, 0) is 0 Å². The molecule has 1 N–H and O–H groups in total. The highest BCUT2D eigenvalue weighted by molar-refractivity contribution is 5.94. The lowest BCUT2D eigenvalue weighted by Gasteiger charge is -2.06. The number of nitrogens with zero attached hydrogens (tertiary/aromatic N) is 3. The summed E-state index contributed by atoms with van der Waals surface area (Å²) >= 11 is 0. The highest BCUT2D eigenvalue weighted by Gasteiger charge is 2.17. The fraction of sp³-hybridized carbons (Fsp3) is 0. The Morgan fingerprint density at radius 3 is 2.24 bits per heavy atom. The number of nitrogens with one attached hydrogen (secondary N) is 1. The minimum Gasteiger partial charge on any atom is -0.356 e. The van der Waals surface area contributed by atoms with Crippen molar-refractivity contribution >= 4 is 41.0 Å². The molecule has 3 heterocycles. The smallest absolute Gasteiger partial charge is 0.220 e. The van der Waals surface area contributed by atoms with Crippen LogP contribution in [0, 0.1) is 0 Å². The van der Waals surface area contributed by atoms with Crippen LogP contribution >= 0.6 is 0 Å². The van der Waals surface area contributed by atoms with Gasteiger partial charge < -0.3 is 4.98 Å². The molecule has 3 aromatic carbocycles. The van der Waals surface area contributed by atoms with Crippen molar-refractivity contribution in [2.45, 2.75) is 0 Å². The molecule has 4 nitrogen and oxygen atoms in total. The van der Waals surface area contributed by atoms with Gasteiger partial charge in [-0.3, -0.25) is 8.97 Å². The van der Waals surface area contributed by atoms with Gasteiger partial charge in [0.2, 0.25) is 5.78 Å². The Hall–Kier alpha value is -4.57. The van der Waals surface area contributed by atoms with Gasteiger partial charge in [0.05, 0.1) is 22.1 Å². The Bertz CT molecular complexity index is 1800. The average Bonchev–Trinajstić information content (AvgIpc) is 3.37. The Kier molecular flexibility index (Phi) is 4.37. The number of imidazole rings is 2. The van der Waals surface area contributed by atoms with Gasteiger partial charge in [-0.25, -0.2) is 4.98 Å². The molecule has 0 aliphatic carbocycles. The molecule has 0 spiro atoms. The van der Waals surface area contributed by atoms with Crippen molar-refractivity contribution in [3.8, 4) is 16.8 Å². The molecule has 0 aliphatic heterocycles. The third kappa shape index (κ3) is 3.20. The maximum absolute atomic E-state index is 4.99. The third-order valence-corrected chi connectivity index (χ3v) is 5.91. The lowest BCUT2D eigenvalue weighted by atomic mass is 10.1. The standard InChI is InChI=1S/C29H22N4/c1-20-9-8-10-22(16-15-21(2)30-20)23-17-18-27-28(19-23)33-26-14-7-6-13-25(26)31-29(33)32(27)24-11-4-3-5-12-24/h3-19,30H,1-2H2. The van der Waals surface area contributed by atoms with Crippen LogP contribution in [0.3, 0.4) is 0 Å². The predicted molar refractivity (Wildman–Crippen MR) is 137 cm³/mol. The zero-order chi connectivity index (χ0) is 22.4. The molecule has 0 radical (unpaired) electrons. The predicted octanol–water partition coefficient (Wildman–Crippen LogP) is 5.37. The van der Waals surface area contributed by atoms with Gasteiger partial charge in [0, 0.05) is 16.4 Å². The van der Waals surface area contributed by atoms with E-state index in [-0.39, 0.29) is 0 Å². The molecule has 0 fully saturated rings. The van der Waals surface area contributed by atoms with Gasteiger partial charge in [-0.2, -0.15) is 0 Å². The summed E-state index contributed by atoms with van der Waals surface area (Å²) in [5, 5.41) is 1.61. The normalized spacial score (nSPS) is 11.3. The van der Waals surface area contributed by atoms with E-state index < -0.39 is 0 Å². The summed E-state index contributed by atoms with van der Waals surface area (Å²) in [6.07, 6.45) is 0. The zero-order valence-electron chi connectivity index (χ0n) is 18.1. The van der Waals surface area contributed by atoms with Crippen molar-refractivity contribution in [2.75, 3.05) is 0 Å². The van der Waals surface area contributed by atoms with Crippen molar-refractivity contribution in [1.82, 2.24) is 18.9 Å². The average molecular weight is 427 g/mol. The fourth-order valence-electron chi connectivity index (χ4n) is 4.41. The molecular formula is C29H22N4. The molecule has 0 bridgehead atoms. The van der Waals surface area contributed by atoms with Crippen molar-refractivity contribution in [3.63, 3.8) is 0 Å². The Morgan fingerprint density at radius 2 is 1.36 bits per heavy atom. The summed E-state index contributed by atoms with van der Waals surface area (Å²) < 4.78 is 4.47. The van der Waals surface area contributed by atoms with Crippen molar-refractivity contribution in [1.29, 1.82) is 0 Å². The molecule has 158 valence electrons. The molecule has 0 aliphatic rings. The van der Waals surface area contributed by atoms with E-state index in [4.69, 9.17) is 4.98 Å². The van der Waals surface area contributed by atoms with Gasteiger partial charge in [0.15, 0.2) is 0 Å². The van der Waals surface area contributed by atoms with Crippen LogP contribution in [-0.4, -0.2) is 18.9 Å². The lowest BCUT2D eigenvalue weighted by molar-refractivity contribution is 1.11. The maximum atomic E-state index is 4.99. The van der Waals surface area contributed by atoms with Gasteiger partial charge >= 0.3 is 0 Å². The van der Waals surface area contributed by atoms with Crippen molar-refractivity contribution < 1.29 is 0 Å². The molecule has 3 aromatic heterocycles. The van der Waals surface area contributed by atoms with E-state index in [1.807, 2.05) is 30.3 Å². The summed E-state index contributed by atoms with van der Waals surface area (Å²) in [7, 11) is 0. The number of hydrogen-bond acceptors (Lipinski definition) is 1. The molecule has 6 aromatic rings. The van der Waals surface area contributed by atoms with E-state index in [1.54, 1.807) is 0 Å². The minimum absolute atomic E-state index is 0.803. The molecule has 33 heavy (non-hydrogen) atoms. The van der Waals surface area contributed by atoms with Crippen molar-refractivity contribution in [2.24, 2.45) is 0 Å². The molecule has 4 heteroatoms. The molecule has 0 saturated carbocycles. The quantitative estimate of drug-likeness (QED) is 0.397. The topological polar surface area (TPSA) is 38.0 Å². The van der Waals surface area contributed by atoms with Crippen LogP contribution in [0.1, 0.15) is 0 Å². The van der Waals surface area contributed by atoms with E-state index in [1.165, 1.54) is 0 Å². The van der Waals surface area contributed by atoms with Crippen molar-refractivity contribution in [3.05, 3.63) is 114 Å². The molecule has 0 atom stereocenters. The number of rotatable bonds is 2. The highest BCUT2D eigenvalue weighted by Crippen LogP contribution is 2.31. The number of fused-ring (bicyclic) bond motifs is 5. The number of para-hydroxylation sites is 3. The number of aromatic nitrogens is 4. The first-order valence-corrected chi connectivity index (χ1v) is 10.9. The molecule has 6 rings (SSSR count). The SMILES string of the molecule is C=c1cccc(-c2ccc3c(c2)n2c4ccccc4nc2n3-c2ccccc2)ccc(=C)[nH]1. The van der Waals surface area contributed by atoms with E-state index >= 15 is 0 Å². The van der Waals surface area contributed by atoms with Crippen LogP contribution in [0.15, 0.2) is 103 Å². The lowest BCUT2D eigenvalue weighted by Crippen LogP contribution is -2.11. The summed E-state index contributed by atoms with van der Waals surface area (Å²) in [6.45, 7) is 8.06. The second-order valence-corrected chi connectivity index (χ2v) is 8.10. The number of benzene rings is 3. The summed E-state index contributed by atoms with van der Waals surface area (Å²) in [5.74, 6) is 0.905. The molecule has 0 unspecified atom stereocenters. The van der Waals surface area contributed by atoms with E-state index in [0.717, 1.165) is 55.4 Å². The summed E-state index contributed by atoms with van der Waals surface area (Å²) in [5.41, 5.74) is 7.60. The number of H-pyrrole nitrogens is 1. The van der Waals surface area contributed by atoms with Crippen LogP contribution in [0.2, 0.25) is 0 Å². The van der Waals surface area contributed by atoms with Crippen LogP contribution in [0.25, 0.3) is 57.8 Å². The molecule has 0 amide bonds.